The zero-order chi connectivity index (χ0) is 24.0. The van der Waals surface area contributed by atoms with Crippen LogP contribution in [0, 0.1) is 0 Å². The molecule has 2 aromatic carbocycles. The quantitative estimate of drug-likeness (QED) is 0.380. The summed E-state index contributed by atoms with van der Waals surface area (Å²) in [5, 5.41) is 12.2. The Kier molecular flexibility index (Phi) is 5.65. The van der Waals surface area contributed by atoms with Gasteiger partial charge in [-0.15, -0.1) is 0 Å². The molecule has 0 fully saturated rings. The molecule has 0 bridgehead atoms. The van der Waals surface area contributed by atoms with Crippen LogP contribution in [-0.4, -0.2) is 27.3 Å². The van der Waals surface area contributed by atoms with E-state index < -0.39 is 8.24 Å². The Morgan fingerprint density at radius 2 is 1.68 bits per heavy atom. The van der Waals surface area contributed by atoms with Gasteiger partial charge < -0.3 is 9.97 Å². The third-order valence-corrected chi connectivity index (χ3v) is 10.4. The van der Waals surface area contributed by atoms with Crippen molar-refractivity contribution in [2.24, 2.45) is 19.5 Å². The Balaban J connectivity index is 1.84. The average Bonchev–Trinajstić information content (AvgIpc) is 3.27. The van der Waals surface area contributed by atoms with Gasteiger partial charge in [0.15, 0.2) is 0 Å². The number of fused-ring (bicyclic) bond motifs is 1. The van der Waals surface area contributed by atoms with E-state index >= 15 is 0 Å². The Bertz CT molecular complexity index is 1600. The molecule has 2 N–H and O–H groups in total. The highest BCUT2D eigenvalue weighted by Crippen LogP contribution is 2.28. The molecule has 0 aliphatic heterocycles. The van der Waals surface area contributed by atoms with Crippen molar-refractivity contribution < 1.29 is 0 Å². The van der Waals surface area contributed by atoms with Crippen LogP contribution in [0.25, 0.3) is 22.2 Å². The number of rotatable bonds is 4. The predicted molar refractivity (Wildman–Crippen MR) is 141 cm³/mol. The van der Waals surface area contributed by atoms with Crippen LogP contribution < -0.4 is 26.6 Å². The monoisotopic (exact) mass is 505 g/mol. The van der Waals surface area contributed by atoms with Gasteiger partial charge in [0.05, 0.1) is 6.33 Å². The number of nitrogens with zero attached hydrogens (tertiary/aromatic N) is 4. The number of hydrogen-bond acceptors (Lipinski definition) is 4. The maximum atomic E-state index is 12.7. The number of nitrogens with two attached hydrogens (primary N) is 1. The van der Waals surface area contributed by atoms with Gasteiger partial charge in [-0.3, -0.25) is 9.36 Å². The molecule has 0 saturated carbocycles. The Labute approximate surface area is 207 Å². The second-order valence-corrected chi connectivity index (χ2v) is 12.4. The predicted octanol–water partition coefficient (Wildman–Crippen LogP) is 2.57. The first-order valence-corrected chi connectivity index (χ1v) is 13.4. The summed E-state index contributed by atoms with van der Waals surface area (Å²) in [5.41, 5.74) is 2.02. The summed E-state index contributed by atoms with van der Waals surface area (Å²) in [5.74, 6) is 0. The first-order chi connectivity index (χ1) is 16.3. The van der Waals surface area contributed by atoms with Crippen molar-refractivity contribution in [2.75, 3.05) is 0 Å². The van der Waals surface area contributed by atoms with E-state index in [1.165, 1.54) is 0 Å². The van der Waals surface area contributed by atoms with Crippen molar-refractivity contribution in [2.45, 2.75) is 0 Å². The normalized spacial score (nSPS) is 13.2. The second-order valence-electron chi connectivity index (χ2n) is 8.27. The van der Waals surface area contributed by atoms with E-state index in [2.05, 4.69) is 4.98 Å². The molecular formula is C25H21Cl2N5OSi. The lowest BCUT2D eigenvalue weighted by atomic mass is 10.0. The summed E-state index contributed by atoms with van der Waals surface area (Å²) in [6.07, 6.45) is 5.33. The fourth-order valence-electron chi connectivity index (χ4n) is 4.35. The number of benzene rings is 2. The number of aromatic nitrogens is 4. The molecule has 0 amide bonds. The van der Waals surface area contributed by atoms with Gasteiger partial charge >= 0.3 is 0 Å². The lowest BCUT2D eigenvalue weighted by Gasteiger charge is -2.28. The third kappa shape index (κ3) is 3.67. The van der Waals surface area contributed by atoms with E-state index in [-0.39, 0.29) is 5.56 Å². The van der Waals surface area contributed by atoms with E-state index in [0.717, 1.165) is 32.2 Å². The van der Waals surface area contributed by atoms with Gasteiger partial charge in [-0.2, -0.15) is 0 Å². The summed E-state index contributed by atoms with van der Waals surface area (Å²) in [6, 6.07) is 18.7. The highest BCUT2D eigenvalue weighted by Gasteiger charge is 2.39. The topological polar surface area (TPSA) is 78.7 Å². The SMILES string of the molecule is Cn1cncc1[Si@@](N)(c1ccc(Cl)cc1)c1cnc2c(c1)c(-c1cccc(Cl)c1)cc(=O)n2C. The number of pyridine rings is 2. The van der Waals surface area contributed by atoms with Gasteiger partial charge in [0.25, 0.3) is 5.56 Å². The van der Waals surface area contributed by atoms with Gasteiger partial charge in [0.1, 0.15) is 5.65 Å². The van der Waals surface area contributed by atoms with E-state index in [9.17, 15) is 4.79 Å². The zero-order valence-electron chi connectivity index (χ0n) is 18.5. The zero-order valence-corrected chi connectivity index (χ0v) is 21.0. The minimum Gasteiger partial charge on any atom is -0.339 e. The largest absolute Gasteiger partial charge is 0.339 e. The molecule has 170 valence electrons. The first-order valence-electron chi connectivity index (χ1n) is 10.6. The van der Waals surface area contributed by atoms with Gasteiger partial charge in [-0.1, -0.05) is 47.5 Å². The van der Waals surface area contributed by atoms with Crippen LogP contribution in [0.3, 0.4) is 0 Å². The standard InChI is InChI=1S/C25H21Cl2N5OSi/c1-31-15-29-14-24(31)34(28,19-8-6-17(26)7-9-19)20-11-22-21(16-4-3-5-18(27)10-16)12-23(33)32(2)25(22)30-13-20/h3-15H,28H2,1-2H3/t34-/m1/s1. The van der Waals surface area contributed by atoms with Crippen LogP contribution in [0.4, 0.5) is 0 Å². The van der Waals surface area contributed by atoms with Crippen molar-refractivity contribution in [3.05, 3.63) is 99.8 Å². The summed E-state index contributed by atoms with van der Waals surface area (Å²) in [4.78, 5) is 21.8. The lowest BCUT2D eigenvalue weighted by Crippen LogP contribution is -2.75. The van der Waals surface area contributed by atoms with Gasteiger partial charge in [-0.05, 0) is 51.8 Å². The molecule has 0 aliphatic rings. The molecule has 1 atom stereocenters. The minimum atomic E-state index is -3.01. The summed E-state index contributed by atoms with van der Waals surface area (Å²) in [7, 11) is 0.638. The van der Waals surface area contributed by atoms with Crippen molar-refractivity contribution in [3.63, 3.8) is 0 Å². The van der Waals surface area contributed by atoms with Crippen LogP contribution in [-0.2, 0) is 14.1 Å². The molecule has 0 aliphatic carbocycles. The minimum absolute atomic E-state index is 0.150. The van der Waals surface area contributed by atoms with Crippen molar-refractivity contribution in [1.29, 1.82) is 0 Å². The molecule has 0 radical (unpaired) electrons. The van der Waals surface area contributed by atoms with E-state index in [1.807, 2.05) is 66.3 Å². The van der Waals surface area contributed by atoms with Crippen molar-refractivity contribution >= 4 is 58.2 Å². The Morgan fingerprint density at radius 1 is 0.912 bits per heavy atom. The molecule has 0 spiro atoms. The van der Waals surface area contributed by atoms with E-state index in [0.29, 0.717) is 15.7 Å². The fraction of sp³-hybridized carbons (Fsp3) is 0.0800. The third-order valence-electron chi connectivity index (χ3n) is 6.18. The summed E-state index contributed by atoms with van der Waals surface area (Å²) in [6.45, 7) is 0. The fourth-order valence-corrected chi connectivity index (χ4v) is 7.81. The van der Waals surface area contributed by atoms with Crippen LogP contribution in [0.5, 0.6) is 0 Å². The Morgan fingerprint density at radius 3 is 2.35 bits per heavy atom. The summed E-state index contributed by atoms with van der Waals surface area (Å²) < 4.78 is 3.49. The number of imidazole rings is 1. The van der Waals surface area contributed by atoms with Crippen LogP contribution >= 0.6 is 23.2 Å². The molecule has 34 heavy (non-hydrogen) atoms. The number of halogens is 2. The van der Waals surface area contributed by atoms with Crippen LogP contribution in [0.2, 0.25) is 10.0 Å². The molecule has 3 aromatic heterocycles. The van der Waals surface area contributed by atoms with Crippen LogP contribution in [0.15, 0.2) is 84.2 Å². The van der Waals surface area contributed by atoms with Crippen LogP contribution in [0.1, 0.15) is 0 Å². The smallest absolute Gasteiger partial charge is 0.252 e. The van der Waals surface area contributed by atoms with Gasteiger partial charge in [-0.25, -0.2) is 9.97 Å². The van der Waals surface area contributed by atoms with Gasteiger partial charge in [0, 0.05) is 53.3 Å². The number of aryl methyl sites for hydroxylation is 2. The molecule has 5 aromatic rings. The van der Waals surface area contributed by atoms with Gasteiger partial charge in [0.2, 0.25) is 8.24 Å². The Hall–Kier alpha value is -3.23. The van der Waals surface area contributed by atoms with E-state index in [1.54, 1.807) is 36.3 Å². The second kappa shape index (κ2) is 8.52. The molecule has 3 heterocycles. The molecular weight excluding hydrogens is 485 g/mol. The highest BCUT2D eigenvalue weighted by atomic mass is 35.5. The lowest BCUT2D eigenvalue weighted by molar-refractivity contribution is 0.889. The molecule has 6 nitrogen and oxygen atoms in total. The molecule has 0 unspecified atom stereocenters. The van der Waals surface area contributed by atoms with Crippen molar-refractivity contribution in [1.82, 2.24) is 19.1 Å². The summed E-state index contributed by atoms with van der Waals surface area (Å²) >= 11 is 12.4. The maximum absolute atomic E-state index is 12.7. The molecule has 0 saturated heterocycles. The molecule has 5 rings (SSSR count). The highest BCUT2D eigenvalue weighted by molar-refractivity contribution is 7.09. The average molecular weight is 506 g/mol. The number of hydrogen-bond donors (Lipinski definition) is 1. The van der Waals surface area contributed by atoms with E-state index in [4.69, 9.17) is 33.6 Å². The maximum Gasteiger partial charge on any atom is 0.252 e. The molecule has 9 heteroatoms. The first kappa shape index (κ1) is 22.6. The van der Waals surface area contributed by atoms with Crippen molar-refractivity contribution in [3.8, 4) is 11.1 Å².